The summed E-state index contributed by atoms with van der Waals surface area (Å²) in [6, 6.07) is 3.01. The van der Waals surface area contributed by atoms with Gasteiger partial charge in [-0.2, -0.15) is 0 Å². The molecule has 5 nitrogen and oxygen atoms in total. The first-order chi connectivity index (χ1) is 8.43. The van der Waals surface area contributed by atoms with E-state index in [1.165, 1.54) is 24.9 Å². The van der Waals surface area contributed by atoms with E-state index in [4.69, 9.17) is 5.11 Å². The number of ether oxygens (including phenoxy) is 1. The van der Waals surface area contributed by atoms with Crippen LogP contribution in [0.15, 0.2) is 17.2 Å². The van der Waals surface area contributed by atoms with E-state index in [1.54, 1.807) is 6.07 Å². The molecule has 0 aliphatic heterocycles. The molecule has 1 aromatic rings. The molecular formula is C12H15NO4S. The average Bonchev–Trinajstić information content (AvgIpc) is 2.35. The fourth-order valence-corrected chi connectivity index (χ4v) is 1.97. The van der Waals surface area contributed by atoms with E-state index in [0.717, 1.165) is 0 Å². The smallest absolute Gasteiger partial charge is 0.335 e. The first-order valence-corrected chi connectivity index (χ1v) is 6.37. The Labute approximate surface area is 110 Å². The molecule has 0 aliphatic carbocycles. The third kappa shape index (κ3) is 4.03. The minimum atomic E-state index is -1.00. The quantitative estimate of drug-likeness (QED) is 0.652. The largest absolute Gasteiger partial charge is 0.478 e. The first-order valence-electron chi connectivity index (χ1n) is 5.39. The molecule has 0 bridgehead atoms. The van der Waals surface area contributed by atoms with Crippen molar-refractivity contribution in [1.82, 2.24) is 4.98 Å². The molecule has 1 aromatic heterocycles. The minimum Gasteiger partial charge on any atom is -0.478 e. The van der Waals surface area contributed by atoms with Crippen molar-refractivity contribution in [2.24, 2.45) is 0 Å². The third-order valence-electron chi connectivity index (χ3n) is 2.23. The lowest BCUT2D eigenvalue weighted by molar-refractivity contribution is -0.137. The van der Waals surface area contributed by atoms with Gasteiger partial charge in [-0.1, -0.05) is 25.6 Å². The molecule has 18 heavy (non-hydrogen) atoms. The van der Waals surface area contributed by atoms with Crippen LogP contribution in [0.2, 0.25) is 0 Å². The molecule has 0 amide bonds. The Morgan fingerprint density at radius 1 is 1.44 bits per heavy atom. The van der Waals surface area contributed by atoms with E-state index >= 15 is 0 Å². The summed E-state index contributed by atoms with van der Waals surface area (Å²) in [7, 11) is 1.31. The molecule has 0 fully saturated rings. The maximum absolute atomic E-state index is 11.0. The van der Waals surface area contributed by atoms with E-state index in [-0.39, 0.29) is 23.2 Å². The maximum Gasteiger partial charge on any atom is 0.335 e. The number of carbonyl (C=O) groups excluding carboxylic acids is 1. The summed E-state index contributed by atoms with van der Waals surface area (Å²) >= 11 is 1.17. The number of esters is 1. The summed E-state index contributed by atoms with van der Waals surface area (Å²) in [5, 5.41) is 9.53. The van der Waals surface area contributed by atoms with Crippen molar-refractivity contribution in [3.8, 4) is 0 Å². The molecular weight excluding hydrogens is 254 g/mol. The summed E-state index contributed by atoms with van der Waals surface area (Å²) in [6.45, 7) is 3.87. The zero-order chi connectivity index (χ0) is 13.7. The number of aromatic nitrogens is 1. The second-order valence-corrected chi connectivity index (χ2v) is 4.94. The minimum absolute atomic E-state index is 0.115. The standard InChI is InChI=1S/C12H15NO4S/c1-7(2)9-4-8(12(15)16)5-10(13-9)18-6-11(14)17-3/h4-5,7H,6H2,1-3H3,(H,15,16). The molecule has 0 saturated carbocycles. The van der Waals surface area contributed by atoms with Crippen LogP contribution >= 0.6 is 11.8 Å². The monoisotopic (exact) mass is 269 g/mol. The van der Waals surface area contributed by atoms with Crippen LogP contribution in [0.5, 0.6) is 0 Å². The van der Waals surface area contributed by atoms with Crippen molar-refractivity contribution in [2.75, 3.05) is 12.9 Å². The summed E-state index contributed by atoms with van der Waals surface area (Å²) in [5.74, 6) is -1.13. The second-order valence-electron chi connectivity index (χ2n) is 3.94. The van der Waals surface area contributed by atoms with Crippen LogP contribution in [0.3, 0.4) is 0 Å². The Morgan fingerprint density at radius 2 is 2.11 bits per heavy atom. The van der Waals surface area contributed by atoms with Gasteiger partial charge in [-0.3, -0.25) is 4.79 Å². The summed E-state index contributed by atoms with van der Waals surface area (Å²) < 4.78 is 4.52. The molecule has 1 heterocycles. The molecule has 1 rings (SSSR count). The molecule has 0 unspecified atom stereocenters. The molecule has 98 valence electrons. The predicted octanol–water partition coefficient (Wildman–Crippen LogP) is 2.17. The van der Waals surface area contributed by atoms with Gasteiger partial charge in [0.15, 0.2) is 0 Å². The fraction of sp³-hybridized carbons (Fsp3) is 0.417. The number of pyridine rings is 1. The molecule has 0 spiro atoms. The Hall–Kier alpha value is -1.56. The number of hydrogen-bond donors (Lipinski definition) is 1. The number of aromatic carboxylic acids is 1. The van der Waals surface area contributed by atoms with E-state index < -0.39 is 5.97 Å². The van der Waals surface area contributed by atoms with Gasteiger partial charge in [-0.15, -0.1) is 0 Å². The highest BCUT2D eigenvalue weighted by Gasteiger charge is 2.12. The van der Waals surface area contributed by atoms with Crippen LogP contribution in [-0.4, -0.2) is 34.9 Å². The topological polar surface area (TPSA) is 76.5 Å². The molecule has 0 saturated heterocycles. The van der Waals surface area contributed by atoms with Crippen molar-refractivity contribution in [3.63, 3.8) is 0 Å². The number of hydrogen-bond acceptors (Lipinski definition) is 5. The SMILES string of the molecule is COC(=O)CSc1cc(C(=O)O)cc(C(C)C)n1. The van der Waals surface area contributed by atoms with Crippen molar-refractivity contribution in [1.29, 1.82) is 0 Å². The molecule has 0 atom stereocenters. The maximum atomic E-state index is 11.0. The molecule has 0 aliphatic rings. The lowest BCUT2D eigenvalue weighted by atomic mass is 10.1. The molecule has 6 heteroatoms. The highest BCUT2D eigenvalue weighted by atomic mass is 32.2. The number of thioether (sulfide) groups is 1. The van der Waals surface area contributed by atoms with Gasteiger partial charge < -0.3 is 9.84 Å². The van der Waals surface area contributed by atoms with Crippen molar-refractivity contribution < 1.29 is 19.4 Å². The number of carboxylic acids is 1. The van der Waals surface area contributed by atoms with E-state index in [2.05, 4.69) is 9.72 Å². The van der Waals surface area contributed by atoms with E-state index in [0.29, 0.717) is 10.7 Å². The van der Waals surface area contributed by atoms with Crippen LogP contribution in [0.4, 0.5) is 0 Å². The van der Waals surface area contributed by atoms with Gasteiger partial charge in [0.25, 0.3) is 0 Å². The number of carboxylic acid groups (broad SMARTS) is 1. The van der Waals surface area contributed by atoms with Crippen molar-refractivity contribution in [3.05, 3.63) is 23.4 Å². The Morgan fingerprint density at radius 3 is 2.61 bits per heavy atom. The average molecular weight is 269 g/mol. The molecule has 1 N–H and O–H groups in total. The van der Waals surface area contributed by atoms with Crippen LogP contribution in [0.1, 0.15) is 35.8 Å². The van der Waals surface area contributed by atoms with E-state index in [9.17, 15) is 9.59 Å². The van der Waals surface area contributed by atoms with Crippen LogP contribution in [-0.2, 0) is 9.53 Å². The highest BCUT2D eigenvalue weighted by molar-refractivity contribution is 7.99. The fourth-order valence-electron chi connectivity index (χ4n) is 1.21. The Bertz CT molecular complexity index is 459. The van der Waals surface area contributed by atoms with Crippen molar-refractivity contribution >= 4 is 23.7 Å². The second kappa shape index (κ2) is 6.39. The summed E-state index contributed by atoms with van der Waals surface area (Å²) in [6.07, 6.45) is 0. The Balaban J connectivity index is 2.96. The zero-order valence-corrected chi connectivity index (χ0v) is 11.3. The van der Waals surface area contributed by atoms with Crippen LogP contribution < -0.4 is 0 Å². The van der Waals surface area contributed by atoms with Gasteiger partial charge in [0.2, 0.25) is 0 Å². The lowest BCUT2D eigenvalue weighted by Gasteiger charge is -2.08. The van der Waals surface area contributed by atoms with Gasteiger partial charge in [-0.25, -0.2) is 9.78 Å². The van der Waals surface area contributed by atoms with Gasteiger partial charge >= 0.3 is 11.9 Å². The first kappa shape index (κ1) is 14.5. The van der Waals surface area contributed by atoms with Crippen LogP contribution in [0.25, 0.3) is 0 Å². The molecule has 0 aromatic carbocycles. The number of nitrogens with zero attached hydrogens (tertiary/aromatic N) is 1. The number of methoxy groups -OCH3 is 1. The van der Waals surface area contributed by atoms with Crippen molar-refractivity contribution in [2.45, 2.75) is 24.8 Å². The van der Waals surface area contributed by atoms with Gasteiger partial charge in [0.1, 0.15) is 0 Å². The zero-order valence-electron chi connectivity index (χ0n) is 10.5. The van der Waals surface area contributed by atoms with Crippen LogP contribution in [0, 0.1) is 0 Å². The molecule has 0 radical (unpaired) electrons. The Kier molecular flexibility index (Phi) is 5.15. The normalized spacial score (nSPS) is 10.4. The number of rotatable bonds is 5. The highest BCUT2D eigenvalue weighted by Crippen LogP contribution is 2.22. The van der Waals surface area contributed by atoms with Gasteiger partial charge in [0.05, 0.1) is 23.5 Å². The van der Waals surface area contributed by atoms with E-state index in [1.807, 2.05) is 13.8 Å². The third-order valence-corrected chi connectivity index (χ3v) is 3.11. The summed E-state index contributed by atoms with van der Waals surface area (Å²) in [5.41, 5.74) is 0.878. The van der Waals surface area contributed by atoms with Gasteiger partial charge in [-0.05, 0) is 18.1 Å². The van der Waals surface area contributed by atoms with Gasteiger partial charge in [0, 0.05) is 5.69 Å². The predicted molar refractivity (Wildman–Crippen MR) is 68.0 cm³/mol. The number of carbonyl (C=O) groups is 2. The summed E-state index contributed by atoms with van der Waals surface area (Å²) in [4.78, 5) is 26.3. The lowest BCUT2D eigenvalue weighted by Crippen LogP contribution is -2.06.